The summed E-state index contributed by atoms with van der Waals surface area (Å²) in [5.74, 6) is 0.855. The van der Waals surface area contributed by atoms with Crippen LogP contribution in [0.4, 0.5) is 0 Å². The maximum absolute atomic E-state index is 3.56. The average molecular weight is 229 g/mol. The molecule has 0 aromatic heterocycles. The molecule has 2 atom stereocenters. The molecule has 0 amide bonds. The van der Waals surface area contributed by atoms with Gasteiger partial charge in [-0.25, -0.2) is 0 Å². The van der Waals surface area contributed by atoms with Gasteiger partial charge in [-0.3, -0.25) is 0 Å². The smallest absolute Gasteiger partial charge is 0.0255 e. The molecule has 1 heterocycles. The second-order valence-corrected chi connectivity index (χ2v) is 5.14. The van der Waals surface area contributed by atoms with Crippen molar-refractivity contribution in [2.75, 3.05) is 6.54 Å². The Hall–Kier alpha value is -1.08. The van der Waals surface area contributed by atoms with Crippen LogP contribution >= 0.6 is 0 Å². The summed E-state index contributed by atoms with van der Waals surface area (Å²) in [6.07, 6.45) is 8.26. The second-order valence-electron chi connectivity index (χ2n) is 5.14. The molecule has 17 heavy (non-hydrogen) atoms. The van der Waals surface area contributed by atoms with Crippen LogP contribution in [0.5, 0.6) is 0 Å². The molecule has 1 aromatic carbocycles. The van der Waals surface area contributed by atoms with E-state index in [9.17, 15) is 0 Å². The van der Waals surface area contributed by atoms with Crippen molar-refractivity contribution in [1.82, 2.24) is 5.32 Å². The van der Waals surface area contributed by atoms with E-state index in [0.29, 0.717) is 6.04 Å². The maximum Gasteiger partial charge on any atom is 0.0255 e. The molecule has 1 heteroatoms. The lowest BCUT2D eigenvalue weighted by atomic mass is 9.94. The normalized spacial score (nSPS) is 25.3. The van der Waals surface area contributed by atoms with E-state index in [4.69, 9.17) is 0 Å². The van der Waals surface area contributed by atoms with Crippen molar-refractivity contribution in [2.45, 2.75) is 39.2 Å². The van der Waals surface area contributed by atoms with Crippen LogP contribution in [0.25, 0.3) is 6.08 Å². The van der Waals surface area contributed by atoms with Gasteiger partial charge in [-0.2, -0.15) is 0 Å². The summed E-state index contributed by atoms with van der Waals surface area (Å²) < 4.78 is 0. The van der Waals surface area contributed by atoms with Gasteiger partial charge in [0.25, 0.3) is 0 Å². The SMILES string of the molecule is CCc1ccc(/C=C/C2CC(C)CCN2)cc1. The Labute approximate surface area is 105 Å². The highest BCUT2D eigenvalue weighted by molar-refractivity contribution is 5.50. The Morgan fingerprint density at radius 2 is 2.06 bits per heavy atom. The lowest BCUT2D eigenvalue weighted by molar-refractivity contribution is 0.357. The van der Waals surface area contributed by atoms with Crippen molar-refractivity contribution in [2.24, 2.45) is 5.92 Å². The number of benzene rings is 1. The van der Waals surface area contributed by atoms with Gasteiger partial charge in [-0.1, -0.05) is 50.3 Å². The largest absolute Gasteiger partial charge is 0.310 e. The topological polar surface area (TPSA) is 12.0 Å². The molecular weight excluding hydrogens is 206 g/mol. The number of nitrogens with one attached hydrogen (secondary N) is 1. The molecule has 0 bridgehead atoms. The highest BCUT2D eigenvalue weighted by Crippen LogP contribution is 2.16. The Bertz CT molecular complexity index is 364. The molecule has 1 fully saturated rings. The quantitative estimate of drug-likeness (QED) is 0.834. The minimum Gasteiger partial charge on any atom is -0.310 e. The van der Waals surface area contributed by atoms with Crippen LogP contribution in [0.2, 0.25) is 0 Å². The first-order valence-corrected chi connectivity index (χ1v) is 6.78. The van der Waals surface area contributed by atoms with Gasteiger partial charge in [0, 0.05) is 6.04 Å². The Morgan fingerprint density at radius 3 is 2.71 bits per heavy atom. The fourth-order valence-electron chi connectivity index (χ4n) is 2.39. The van der Waals surface area contributed by atoms with Gasteiger partial charge >= 0.3 is 0 Å². The molecule has 0 spiro atoms. The van der Waals surface area contributed by atoms with Crippen molar-refractivity contribution in [3.63, 3.8) is 0 Å². The zero-order valence-electron chi connectivity index (χ0n) is 10.9. The Morgan fingerprint density at radius 1 is 1.29 bits per heavy atom. The minimum atomic E-state index is 0.560. The third-order valence-corrected chi connectivity index (χ3v) is 3.61. The molecular formula is C16H23N. The highest BCUT2D eigenvalue weighted by Gasteiger charge is 2.15. The van der Waals surface area contributed by atoms with Gasteiger partial charge in [-0.05, 0) is 42.9 Å². The molecule has 1 nitrogen and oxygen atoms in total. The van der Waals surface area contributed by atoms with Crippen molar-refractivity contribution in [3.05, 3.63) is 41.5 Å². The van der Waals surface area contributed by atoms with E-state index < -0.39 is 0 Å². The molecule has 1 saturated heterocycles. The summed E-state index contributed by atoms with van der Waals surface area (Å²) in [4.78, 5) is 0. The molecule has 2 unspecified atom stereocenters. The predicted octanol–water partition coefficient (Wildman–Crippen LogP) is 3.65. The van der Waals surface area contributed by atoms with Crippen LogP contribution in [-0.2, 0) is 6.42 Å². The summed E-state index contributed by atoms with van der Waals surface area (Å²) >= 11 is 0. The molecule has 2 rings (SSSR count). The summed E-state index contributed by atoms with van der Waals surface area (Å²) in [6, 6.07) is 9.42. The zero-order valence-corrected chi connectivity index (χ0v) is 10.9. The van der Waals surface area contributed by atoms with Crippen LogP contribution in [0, 0.1) is 5.92 Å². The second kappa shape index (κ2) is 6.02. The number of aryl methyl sites for hydroxylation is 1. The summed E-state index contributed by atoms with van der Waals surface area (Å²) in [5.41, 5.74) is 2.72. The van der Waals surface area contributed by atoms with E-state index in [0.717, 1.165) is 18.9 Å². The lowest BCUT2D eigenvalue weighted by Crippen LogP contribution is -2.35. The maximum atomic E-state index is 3.56. The molecule has 1 N–H and O–H groups in total. The van der Waals surface area contributed by atoms with E-state index in [-0.39, 0.29) is 0 Å². The van der Waals surface area contributed by atoms with Crippen molar-refractivity contribution in [1.29, 1.82) is 0 Å². The molecule has 1 aliphatic rings. The van der Waals surface area contributed by atoms with Crippen LogP contribution in [0.15, 0.2) is 30.3 Å². The summed E-state index contributed by atoms with van der Waals surface area (Å²) in [6.45, 7) is 5.70. The first kappa shape index (κ1) is 12.4. The highest BCUT2D eigenvalue weighted by atomic mass is 14.9. The monoisotopic (exact) mass is 229 g/mol. The first-order chi connectivity index (χ1) is 8.28. The fraction of sp³-hybridized carbons (Fsp3) is 0.500. The molecule has 92 valence electrons. The fourth-order valence-corrected chi connectivity index (χ4v) is 2.39. The Kier molecular flexibility index (Phi) is 4.38. The van der Waals surface area contributed by atoms with E-state index in [1.54, 1.807) is 0 Å². The number of hydrogen-bond acceptors (Lipinski definition) is 1. The number of rotatable bonds is 3. The standard InChI is InChI=1S/C16H23N/c1-3-14-4-6-15(7-5-14)8-9-16-12-13(2)10-11-17-16/h4-9,13,16-17H,3,10-12H2,1-2H3/b9-8+. The van der Waals surface area contributed by atoms with Gasteiger partial charge in [0.1, 0.15) is 0 Å². The zero-order chi connectivity index (χ0) is 12.1. The van der Waals surface area contributed by atoms with Crippen molar-refractivity contribution in [3.8, 4) is 0 Å². The van der Waals surface area contributed by atoms with Gasteiger partial charge in [-0.15, -0.1) is 0 Å². The van der Waals surface area contributed by atoms with Gasteiger partial charge in [0.2, 0.25) is 0 Å². The average Bonchev–Trinajstić information content (AvgIpc) is 2.37. The van der Waals surface area contributed by atoms with Crippen LogP contribution in [0.1, 0.15) is 37.8 Å². The third kappa shape index (κ3) is 3.71. The molecule has 0 radical (unpaired) electrons. The summed E-state index contributed by atoms with van der Waals surface area (Å²) in [5, 5.41) is 3.56. The van der Waals surface area contributed by atoms with Crippen LogP contribution in [-0.4, -0.2) is 12.6 Å². The predicted molar refractivity (Wildman–Crippen MR) is 75.0 cm³/mol. The van der Waals surface area contributed by atoms with Crippen LogP contribution in [0.3, 0.4) is 0 Å². The molecule has 0 saturated carbocycles. The minimum absolute atomic E-state index is 0.560. The lowest BCUT2D eigenvalue weighted by Gasteiger charge is -2.25. The molecule has 0 aliphatic carbocycles. The van der Waals surface area contributed by atoms with E-state index in [1.807, 2.05) is 0 Å². The molecule has 1 aliphatic heterocycles. The number of piperidine rings is 1. The van der Waals surface area contributed by atoms with Crippen molar-refractivity contribution < 1.29 is 0 Å². The van der Waals surface area contributed by atoms with Crippen molar-refractivity contribution >= 4 is 6.08 Å². The Balaban J connectivity index is 1.94. The first-order valence-electron chi connectivity index (χ1n) is 6.78. The van der Waals surface area contributed by atoms with E-state index >= 15 is 0 Å². The van der Waals surface area contributed by atoms with E-state index in [2.05, 4.69) is 55.6 Å². The van der Waals surface area contributed by atoms with E-state index in [1.165, 1.54) is 24.0 Å². The third-order valence-electron chi connectivity index (χ3n) is 3.61. The molecule has 1 aromatic rings. The van der Waals surface area contributed by atoms with Gasteiger partial charge < -0.3 is 5.32 Å². The summed E-state index contributed by atoms with van der Waals surface area (Å²) in [7, 11) is 0. The van der Waals surface area contributed by atoms with Gasteiger partial charge in [0.15, 0.2) is 0 Å². The van der Waals surface area contributed by atoms with Crippen LogP contribution < -0.4 is 5.32 Å². The van der Waals surface area contributed by atoms with Gasteiger partial charge in [0.05, 0.1) is 0 Å². The number of hydrogen-bond donors (Lipinski definition) is 1.